The quantitative estimate of drug-likeness (QED) is 0.544. The van der Waals surface area contributed by atoms with E-state index in [2.05, 4.69) is 15.9 Å². The maximum Gasteiger partial charge on any atom is 0.339 e. The van der Waals surface area contributed by atoms with Crippen LogP contribution in [0.3, 0.4) is 0 Å². The van der Waals surface area contributed by atoms with E-state index in [9.17, 15) is 9.59 Å². The van der Waals surface area contributed by atoms with Gasteiger partial charge in [0.15, 0.2) is 0 Å². The maximum atomic E-state index is 13.1. The fraction of sp³-hybridized carbons (Fsp3) is 0.375. The van der Waals surface area contributed by atoms with Crippen LogP contribution in [0.4, 0.5) is 11.5 Å². The van der Waals surface area contributed by atoms with Crippen molar-refractivity contribution < 1.29 is 14.3 Å². The number of benzene rings is 1. The van der Waals surface area contributed by atoms with Crippen molar-refractivity contribution in [2.24, 2.45) is 0 Å². The molecule has 0 bridgehead atoms. The van der Waals surface area contributed by atoms with E-state index in [1.807, 2.05) is 19.1 Å². The predicted octanol–water partition coefficient (Wildman–Crippen LogP) is 3.09. The number of anilines is 2. The number of ether oxygens (including phenoxy) is 2. The summed E-state index contributed by atoms with van der Waals surface area (Å²) in [6, 6.07) is 9.02. The highest BCUT2D eigenvalue weighted by atomic mass is 35.5. The Morgan fingerprint density at radius 1 is 1.21 bits per heavy atom. The lowest BCUT2D eigenvalue weighted by molar-refractivity contribution is 0.0600. The molecule has 3 aromatic rings. The molecule has 0 amide bonds. The van der Waals surface area contributed by atoms with E-state index in [1.54, 1.807) is 6.07 Å². The molecule has 1 saturated heterocycles. The van der Waals surface area contributed by atoms with Gasteiger partial charge in [-0.1, -0.05) is 23.7 Å². The van der Waals surface area contributed by atoms with E-state index in [1.165, 1.54) is 29.3 Å². The molecule has 0 aliphatic carbocycles. The summed E-state index contributed by atoms with van der Waals surface area (Å²) < 4.78 is 11.8. The second-order valence-corrected chi connectivity index (χ2v) is 8.70. The van der Waals surface area contributed by atoms with Crippen LogP contribution in [0.1, 0.15) is 34.5 Å². The molecule has 0 radical (unpaired) electrons. The number of nitrogens with zero attached hydrogens (tertiary/aromatic N) is 4. The number of aromatic nitrogens is 2. The van der Waals surface area contributed by atoms with Crippen LogP contribution in [0, 0.1) is 0 Å². The zero-order chi connectivity index (χ0) is 23.1. The van der Waals surface area contributed by atoms with Gasteiger partial charge < -0.3 is 19.3 Å². The zero-order valence-corrected chi connectivity index (χ0v) is 19.3. The molecule has 4 heterocycles. The summed E-state index contributed by atoms with van der Waals surface area (Å²) in [4.78, 5) is 34.7. The molecule has 2 aliphatic rings. The lowest BCUT2D eigenvalue weighted by Crippen LogP contribution is -2.38. The average molecular weight is 469 g/mol. The summed E-state index contributed by atoms with van der Waals surface area (Å²) in [6.07, 6.45) is 2.38. The van der Waals surface area contributed by atoms with Crippen molar-refractivity contribution in [3.8, 4) is 0 Å². The number of rotatable bonds is 4. The molecule has 1 atom stereocenters. The highest BCUT2D eigenvalue weighted by molar-refractivity contribution is 6.33. The fourth-order valence-electron chi connectivity index (χ4n) is 4.70. The molecule has 0 spiro atoms. The smallest absolute Gasteiger partial charge is 0.339 e. The first-order valence-electron chi connectivity index (χ1n) is 11.0. The molecule has 1 unspecified atom stereocenters. The van der Waals surface area contributed by atoms with Gasteiger partial charge in [0.25, 0.3) is 5.56 Å². The standard InChI is InChI=1S/C24H25ClN4O4/c1-15(28-7-6-16-4-3-5-19(25)22(16)28)18-12-17(24(31)32-2)14-29-21(30)13-20(26-23(18)29)27-8-10-33-11-9-27/h3-5,12-15H,6-11H2,1-2H3. The number of para-hydroxylation sites is 1. The summed E-state index contributed by atoms with van der Waals surface area (Å²) >= 11 is 6.57. The third kappa shape index (κ3) is 3.83. The van der Waals surface area contributed by atoms with Crippen molar-refractivity contribution in [3.63, 3.8) is 0 Å². The molecular formula is C24H25ClN4O4. The summed E-state index contributed by atoms with van der Waals surface area (Å²) in [6.45, 7) is 5.35. The number of methoxy groups -OCH3 is 1. The molecular weight excluding hydrogens is 444 g/mol. The Labute approximate surface area is 196 Å². The monoisotopic (exact) mass is 468 g/mol. The van der Waals surface area contributed by atoms with Gasteiger partial charge in [-0.2, -0.15) is 0 Å². The van der Waals surface area contributed by atoms with Gasteiger partial charge in [-0.05, 0) is 31.0 Å². The molecule has 2 aliphatic heterocycles. The van der Waals surface area contributed by atoms with Crippen molar-refractivity contribution in [1.82, 2.24) is 9.38 Å². The van der Waals surface area contributed by atoms with Crippen LogP contribution < -0.4 is 15.4 Å². The van der Waals surface area contributed by atoms with E-state index in [0.29, 0.717) is 48.4 Å². The number of hydrogen-bond acceptors (Lipinski definition) is 7. The van der Waals surface area contributed by atoms with Crippen LogP contribution in [0.5, 0.6) is 0 Å². The highest BCUT2D eigenvalue weighted by Gasteiger charge is 2.29. The van der Waals surface area contributed by atoms with Crippen LogP contribution in [-0.4, -0.2) is 55.3 Å². The van der Waals surface area contributed by atoms with Gasteiger partial charge in [0.2, 0.25) is 0 Å². The lowest BCUT2D eigenvalue weighted by Gasteiger charge is -2.30. The molecule has 2 aromatic heterocycles. The Kier molecular flexibility index (Phi) is 5.72. The molecule has 8 nitrogen and oxygen atoms in total. The fourth-order valence-corrected chi connectivity index (χ4v) is 5.00. The van der Waals surface area contributed by atoms with Gasteiger partial charge in [0.05, 0.1) is 42.6 Å². The maximum absolute atomic E-state index is 13.1. The molecule has 1 aromatic carbocycles. The van der Waals surface area contributed by atoms with Crippen molar-refractivity contribution in [2.75, 3.05) is 49.8 Å². The second-order valence-electron chi connectivity index (χ2n) is 8.29. The van der Waals surface area contributed by atoms with Gasteiger partial charge in [-0.3, -0.25) is 9.20 Å². The topological polar surface area (TPSA) is 76.4 Å². The third-order valence-corrected chi connectivity index (χ3v) is 6.73. The Balaban J connectivity index is 1.68. The summed E-state index contributed by atoms with van der Waals surface area (Å²) in [7, 11) is 1.33. The van der Waals surface area contributed by atoms with Gasteiger partial charge in [0.1, 0.15) is 11.5 Å². The SMILES string of the molecule is COC(=O)c1cc(C(C)N2CCc3cccc(Cl)c32)c2nc(N3CCOCC3)cc(=O)n2c1. The second kappa shape index (κ2) is 8.68. The minimum absolute atomic E-state index is 0.183. The first kappa shape index (κ1) is 21.7. The lowest BCUT2D eigenvalue weighted by atomic mass is 10.1. The van der Waals surface area contributed by atoms with Crippen molar-refractivity contribution in [2.45, 2.75) is 19.4 Å². The van der Waals surface area contributed by atoms with E-state index < -0.39 is 5.97 Å². The third-order valence-electron chi connectivity index (χ3n) is 6.43. The number of carbonyl (C=O) groups is 1. The molecule has 0 saturated carbocycles. The van der Waals surface area contributed by atoms with E-state index in [4.69, 9.17) is 26.1 Å². The average Bonchev–Trinajstić information content (AvgIpc) is 3.28. The highest BCUT2D eigenvalue weighted by Crippen LogP contribution is 2.40. The normalized spacial score (nSPS) is 16.7. The van der Waals surface area contributed by atoms with Crippen LogP contribution in [0.15, 0.2) is 41.3 Å². The van der Waals surface area contributed by atoms with E-state index in [0.717, 1.165) is 24.2 Å². The molecule has 1 fully saturated rings. The Morgan fingerprint density at radius 3 is 2.76 bits per heavy atom. The van der Waals surface area contributed by atoms with Crippen molar-refractivity contribution >= 4 is 34.7 Å². The van der Waals surface area contributed by atoms with Crippen molar-refractivity contribution in [1.29, 1.82) is 0 Å². The van der Waals surface area contributed by atoms with Gasteiger partial charge in [0, 0.05) is 37.5 Å². The van der Waals surface area contributed by atoms with E-state index >= 15 is 0 Å². The Bertz CT molecular complexity index is 1290. The van der Waals surface area contributed by atoms with Crippen LogP contribution in [0.25, 0.3) is 5.65 Å². The number of carbonyl (C=O) groups excluding carboxylic acids is 1. The minimum atomic E-state index is -0.505. The number of esters is 1. The number of fused-ring (bicyclic) bond motifs is 2. The van der Waals surface area contributed by atoms with Crippen LogP contribution in [0.2, 0.25) is 5.02 Å². The molecule has 5 rings (SSSR count). The minimum Gasteiger partial charge on any atom is -0.465 e. The van der Waals surface area contributed by atoms with Gasteiger partial charge in [-0.15, -0.1) is 0 Å². The van der Waals surface area contributed by atoms with E-state index in [-0.39, 0.29) is 11.6 Å². The number of hydrogen-bond donors (Lipinski definition) is 0. The van der Waals surface area contributed by atoms with Crippen molar-refractivity contribution in [3.05, 3.63) is 68.6 Å². The van der Waals surface area contributed by atoms with Crippen LogP contribution in [-0.2, 0) is 15.9 Å². The van der Waals surface area contributed by atoms with Gasteiger partial charge in [-0.25, -0.2) is 9.78 Å². The molecule has 33 heavy (non-hydrogen) atoms. The molecule has 9 heteroatoms. The predicted molar refractivity (Wildman–Crippen MR) is 127 cm³/mol. The number of halogens is 1. The molecule has 0 N–H and O–H groups in total. The molecule has 172 valence electrons. The Morgan fingerprint density at radius 2 is 2.00 bits per heavy atom. The largest absolute Gasteiger partial charge is 0.465 e. The van der Waals surface area contributed by atoms with Crippen LogP contribution >= 0.6 is 11.6 Å². The zero-order valence-electron chi connectivity index (χ0n) is 18.6. The first-order chi connectivity index (χ1) is 16.0. The summed E-state index contributed by atoms with van der Waals surface area (Å²) in [5.41, 5.74) is 3.50. The number of morpholine rings is 1. The summed E-state index contributed by atoms with van der Waals surface area (Å²) in [5.74, 6) is 0.108. The van der Waals surface area contributed by atoms with Gasteiger partial charge >= 0.3 is 5.97 Å². The number of pyridine rings is 1. The summed E-state index contributed by atoms with van der Waals surface area (Å²) in [5, 5.41) is 0.685. The first-order valence-corrected chi connectivity index (χ1v) is 11.4. The Hall–Kier alpha value is -3.10.